The topological polar surface area (TPSA) is 79.3 Å². The third-order valence-corrected chi connectivity index (χ3v) is 6.90. The average molecular weight is 529 g/mol. The van der Waals surface area contributed by atoms with Crippen LogP contribution in [0, 0.1) is 0 Å². The van der Waals surface area contributed by atoms with Gasteiger partial charge in [-0.15, -0.1) is 0 Å². The van der Waals surface area contributed by atoms with Crippen LogP contribution in [0.2, 0.25) is 0 Å². The molecule has 0 aromatic heterocycles. The summed E-state index contributed by atoms with van der Waals surface area (Å²) in [6.07, 6.45) is 0.703. The van der Waals surface area contributed by atoms with Gasteiger partial charge in [-0.3, -0.25) is 9.59 Å². The molecule has 0 radical (unpaired) electrons. The van der Waals surface area contributed by atoms with Gasteiger partial charge in [-0.1, -0.05) is 44.2 Å². The molecule has 7 nitrogen and oxygen atoms in total. The largest absolute Gasteiger partial charge is 0.507 e. The average Bonchev–Trinajstić information content (AvgIpc) is 3.21. The monoisotopic (exact) mass is 528 g/mol. The van der Waals surface area contributed by atoms with E-state index in [1.165, 1.54) is 0 Å². The number of carbonyl (C=O) groups excluding carboxylic acids is 2. The van der Waals surface area contributed by atoms with E-state index in [1.54, 1.807) is 29.2 Å². The zero-order chi connectivity index (χ0) is 27.8. The number of amides is 1. The van der Waals surface area contributed by atoms with Crippen molar-refractivity contribution in [1.29, 1.82) is 0 Å². The first-order valence-electron chi connectivity index (χ1n) is 13.5. The number of nitrogens with zero attached hydrogens (tertiary/aromatic N) is 2. The lowest BCUT2D eigenvalue weighted by molar-refractivity contribution is -0.140. The minimum Gasteiger partial charge on any atom is -0.507 e. The van der Waals surface area contributed by atoms with Crippen molar-refractivity contribution in [3.63, 3.8) is 0 Å². The second kappa shape index (κ2) is 13.1. The number of carbonyl (C=O) groups is 2. The van der Waals surface area contributed by atoms with Crippen LogP contribution in [-0.2, 0) is 9.59 Å². The molecule has 0 unspecified atom stereocenters. The summed E-state index contributed by atoms with van der Waals surface area (Å²) < 4.78 is 11.5. The van der Waals surface area contributed by atoms with Gasteiger partial charge in [0.25, 0.3) is 11.7 Å². The normalized spacial score (nSPS) is 16.6. The number of Topliss-reactive ketones (excluding diaryl/α,β-unsaturated/α-hetero) is 1. The number of benzene rings is 3. The van der Waals surface area contributed by atoms with E-state index >= 15 is 0 Å². The van der Waals surface area contributed by atoms with Crippen molar-refractivity contribution in [2.75, 3.05) is 32.8 Å². The van der Waals surface area contributed by atoms with Gasteiger partial charge in [0.1, 0.15) is 23.0 Å². The van der Waals surface area contributed by atoms with E-state index in [2.05, 4.69) is 18.7 Å². The molecule has 39 heavy (non-hydrogen) atoms. The zero-order valence-corrected chi connectivity index (χ0v) is 22.8. The highest BCUT2D eigenvalue weighted by Crippen LogP contribution is 2.41. The summed E-state index contributed by atoms with van der Waals surface area (Å²) in [5.74, 6) is 0.408. The predicted molar refractivity (Wildman–Crippen MR) is 152 cm³/mol. The van der Waals surface area contributed by atoms with Gasteiger partial charge in [-0.25, -0.2) is 0 Å². The number of ketones is 1. The molecule has 204 valence electrons. The highest BCUT2D eigenvalue weighted by Gasteiger charge is 2.46. The highest BCUT2D eigenvalue weighted by molar-refractivity contribution is 6.46. The molecule has 1 atom stereocenters. The minimum absolute atomic E-state index is 0.0730. The summed E-state index contributed by atoms with van der Waals surface area (Å²) in [6, 6.07) is 22.9. The molecule has 3 aromatic carbocycles. The van der Waals surface area contributed by atoms with Gasteiger partial charge >= 0.3 is 0 Å². The summed E-state index contributed by atoms with van der Waals surface area (Å²) in [6.45, 7) is 9.63. The Hall–Kier alpha value is -4.10. The standard InChI is InChI=1S/C32H36N2O5/c1-4-33(5-2)20-11-21-34-29(24-12-10-15-27(22-24)39-26-13-8-7-9-14-26)28(31(36)32(34)37)30(35)23-16-18-25(19-17-23)38-6-3/h7-10,12-19,22,29,35H,4-6,11,20-21H2,1-3H3/t29-/m1/s1. The molecule has 0 aliphatic carbocycles. The molecule has 1 saturated heterocycles. The molecule has 0 bridgehead atoms. The number of hydrogen-bond acceptors (Lipinski definition) is 6. The van der Waals surface area contributed by atoms with Crippen molar-refractivity contribution < 1.29 is 24.2 Å². The highest BCUT2D eigenvalue weighted by atomic mass is 16.5. The predicted octanol–water partition coefficient (Wildman–Crippen LogP) is 6.03. The molecule has 1 amide bonds. The molecule has 0 saturated carbocycles. The fraction of sp³-hybridized carbons (Fsp3) is 0.312. The Morgan fingerprint density at radius 1 is 0.872 bits per heavy atom. The maximum Gasteiger partial charge on any atom is 0.295 e. The van der Waals surface area contributed by atoms with Crippen molar-refractivity contribution in [3.8, 4) is 17.2 Å². The number of para-hydroxylation sites is 1. The first-order chi connectivity index (χ1) is 19.0. The lowest BCUT2D eigenvalue weighted by Crippen LogP contribution is -2.33. The summed E-state index contributed by atoms with van der Waals surface area (Å²) in [5.41, 5.74) is 1.21. The van der Waals surface area contributed by atoms with Crippen molar-refractivity contribution in [3.05, 3.63) is 95.6 Å². The van der Waals surface area contributed by atoms with Gasteiger partial charge in [-0.05, 0) is 87.1 Å². The van der Waals surface area contributed by atoms with Crippen LogP contribution in [0.4, 0.5) is 0 Å². The molecule has 7 heteroatoms. The molecule has 0 spiro atoms. The Kier molecular flexibility index (Phi) is 9.39. The number of hydrogen-bond donors (Lipinski definition) is 1. The van der Waals surface area contributed by atoms with Crippen LogP contribution in [0.3, 0.4) is 0 Å². The second-order valence-electron chi connectivity index (χ2n) is 9.32. The Morgan fingerprint density at radius 2 is 1.56 bits per heavy atom. The number of aliphatic hydroxyl groups excluding tert-OH is 1. The van der Waals surface area contributed by atoms with Crippen molar-refractivity contribution in [1.82, 2.24) is 9.80 Å². The Labute approximate surface area is 230 Å². The lowest BCUT2D eigenvalue weighted by Gasteiger charge is -2.27. The van der Waals surface area contributed by atoms with E-state index in [1.807, 2.05) is 61.5 Å². The summed E-state index contributed by atoms with van der Waals surface area (Å²) >= 11 is 0. The fourth-order valence-corrected chi connectivity index (χ4v) is 4.87. The van der Waals surface area contributed by atoms with E-state index in [-0.39, 0.29) is 11.3 Å². The van der Waals surface area contributed by atoms with Crippen LogP contribution in [0.15, 0.2) is 84.4 Å². The third kappa shape index (κ3) is 6.49. The van der Waals surface area contributed by atoms with Crippen molar-refractivity contribution >= 4 is 17.4 Å². The molecular formula is C32H36N2O5. The molecular weight excluding hydrogens is 492 g/mol. The van der Waals surface area contributed by atoms with Crippen LogP contribution in [0.25, 0.3) is 5.76 Å². The first kappa shape index (κ1) is 27.9. The van der Waals surface area contributed by atoms with E-state index in [4.69, 9.17) is 9.47 Å². The Bertz CT molecular complexity index is 1300. The maximum absolute atomic E-state index is 13.4. The number of rotatable bonds is 12. The first-order valence-corrected chi connectivity index (χ1v) is 13.5. The van der Waals surface area contributed by atoms with Gasteiger partial charge < -0.3 is 24.4 Å². The Morgan fingerprint density at radius 3 is 2.23 bits per heavy atom. The van der Waals surface area contributed by atoms with E-state index in [0.717, 1.165) is 19.6 Å². The van der Waals surface area contributed by atoms with Gasteiger partial charge in [-0.2, -0.15) is 0 Å². The molecule has 4 rings (SSSR count). The zero-order valence-electron chi connectivity index (χ0n) is 22.8. The summed E-state index contributed by atoms with van der Waals surface area (Å²) in [5, 5.41) is 11.4. The van der Waals surface area contributed by atoms with E-state index in [0.29, 0.717) is 47.9 Å². The molecule has 1 aliphatic rings. The van der Waals surface area contributed by atoms with Crippen molar-refractivity contribution in [2.45, 2.75) is 33.2 Å². The van der Waals surface area contributed by atoms with Gasteiger partial charge in [0.05, 0.1) is 18.2 Å². The second-order valence-corrected chi connectivity index (χ2v) is 9.32. The minimum atomic E-state index is -0.743. The molecule has 1 fully saturated rings. The maximum atomic E-state index is 13.4. The number of aliphatic hydroxyl groups is 1. The van der Waals surface area contributed by atoms with Crippen LogP contribution in [0.1, 0.15) is 44.4 Å². The van der Waals surface area contributed by atoms with Crippen LogP contribution in [-0.4, -0.2) is 59.4 Å². The summed E-state index contributed by atoms with van der Waals surface area (Å²) in [4.78, 5) is 30.6. The third-order valence-electron chi connectivity index (χ3n) is 6.90. The SMILES string of the molecule is CCOc1ccc(C(O)=C2C(=O)C(=O)N(CCCN(CC)CC)[C@@H]2c2cccc(Oc3ccccc3)c2)cc1. The molecule has 1 heterocycles. The van der Waals surface area contributed by atoms with Crippen molar-refractivity contribution in [2.24, 2.45) is 0 Å². The smallest absolute Gasteiger partial charge is 0.295 e. The van der Waals surface area contributed by atoms with E-state index < -0.39 is 17.7 Å². The molecule has 1 aliphatic heterocycles. The van der Waals surface area contributed by atoms with Crippen LogP contribution < -0.4 is 9.47 Å². The Balaban J connectivity index is 1.73. The number of ether oxygens (including phenoxy) is 2. The lowest BCUT2D eigenvalue weighted by atomic mass is 9.95. The van der Waals surface area contributed by atoms with Gasteiger partial charge in [0.2, 0.25) is 0 Å². The summed E-state index contributed by atoms with van der Waals surface area (Å²) in [7, 11) is 0. The van der Waals surface area contributed by atoms with Gasteiger partial charge in [0, 0.05) is 12.1 Å². The van der Waals surface area contributed by atoms with Gasteiger partial charge in [0.15, 0.2) is 0 Å². The van der Waals surface area contributed by atoms with Crippen LogP contribution >= 0.6 is 0 Å². The fourth-order valence-electron chi connectivity index (χ4n) is 4.87. The van der Waals surface area contributed by atoms with Crippen LogP contribution in [0.5, 0.6) is 17.2 Å². The molecule has 3 aromatic rings. The van der Waals surface area contributed by atoms with E-state index in [9.17, 15) is 14.7 Å². The quantitative estimate of drug-likeness (QED) is 0.176. The number of likely N-dealkylation sites (tertiary alicyclic amines) is 1. The molecule has 1 N–H and O–H groups in total.